The summed E-state index contributed by atoms with van der Waals surface area (Å²) in [5.41, 5.74) is 1.17. The second kappa shape index (κ2) is 5.66. The summed E-state index contributed by atoms with van der Waals surface area (Å²) in [7, 11) is 0. The lowest BCUT2D eigenvalue weighted by molar-refractivity contribution is -0.136. The molecule has 4 nitrogen and oxygen atoms in total. The topological polar surface area (TPSA) is 36.4 Å². The van der Waals surface area contributed by atoms with Crippen LogP contribution in [0.25, 0.3) is 0 Å². The fraction of sp³-hybridized carbons (Fsp3) is 0.600. The summed E-state index contributed by atoms with van der Waals surface area (Å²) in [6, 6.07) is 0.864. The lowest BCUT2D eigenvalue weighted by Crippen LogP contribution is -2.52. The quantitative estimate of drug-likeness (QED) is 0.798. The second-order valence-electron chi connectivity index (χ2n) is 5.63. The van der Waals surface area contributed by atoms with Crippen molar-refractivity contribution < 1.29 is 4.79 Å². The van der Waals surface area contributed by atoms with E-state index in [9.17, 15) is 4.79 Å². The number of piperidine rings is 1. The maximum atomic E-state index is 12.0. The third-order valence-electron chi connectivity index (χ3n) is 4.36. The van der Waals surface area contributed by atoms with Crippen molar-refractivity contribution in [2.24, 2.45) is 0 Å². The van der Waals surface area contributed by atoms with Crippen LogP contribution in [0.1, 0.15) is 30.0 Å². The lowest BCUT2D eigenvalue weighted by atomic mass is 9.96. The first-order valence-corrected chi connectivity index (χ1v) is 8.12. The van der Waals surface area contributed by atoms with Crippen molar-refractivity contribution in [2.75, 3.05) is 13.1 Å². The minimum atomic E-state index is 0.289. The first kappa shape index (κ1) is 13.8. The van der Waals surface area contributed by atoms with Crippen LogP contribution < -0.4 is 0 Å². The Hall–Kier alpha value is -1.20. The van der Waals surface area contributed by atoms with E-state index in [1.807, 2.05) is 17.9 Å². The molecular formula is C15H21N3OS. The fourth-order valence-electron chi connectivity index (χ4n) is 3.50. The number of nitrogens with zero attached hydrogens (tertiary/aromatic N) is 3. The molecule has 3 heterocycles. The van der Waals surface area contributed by atoms with Crippen LogP contribution in [-0.4, -0.2) is 45.9 Å². The number of amides is 1. The van der Waals surface area contributed by atoms with Crippen LogP contribution in [0.3, 0.4) is 0 Å². The predicted molar refractivity (Wildman–Crippen MR) is 80.6 cm³/mol. The molecule has 0 spiro atoms. The number of aryl methyl sites for hydroxylation is 1. The van der Waals surface area contributed by atoms with Gasteiger partial charge in [-0.2, -0.15) is 0 Å². The molecule has 0 aromatic carbocycles. The third kappa shape index (κ3) is 2.52. The Bertz CT molecular complexity index is 513. The molecule has 3 rings (SSSR count). The van der Waals surface area contributed by atoms with Crippen LogP contribution in [0.2, 0.25) is 0 Å². The van der Waals surface area contributed by atoms with Gasteiger partial charge < -0.3 is 4.90 Å². The van der Waals surface area contributed by atoms with Crippen molar-refractivity contribution >= 4 is 17.2 Å². The van der Waals surface area contributed by atoms with Crippen LogP contribution in [0, 0.1) is 6.92 Å². The Morgan fingerprint density at radius 1 is 1.50 bits per heavy atom. The van der Waals surface area contributed by atoms with Gasteiger partial charge in [0.25, 0.3) is 0 Å². The molecular weight excluding hydrogens is 270 g/mol. The van der Waals surface area contributed by atoms with Crippen LogP contribution in [0.4, 0.5) is 0 Å². The molecule has 2 atom stereocenters. The highest BCUT2D eigenvalue weighted by atomic mass is 32.1. The van der Waals surface area contributed by atoms with E-state index in [-0.39, 0.29) is 5.91 Å². The van der Waals surface area contributed by atoms with Crippen molar-refractivity contribution in [3.63, 3.8) is 0 Å². The van der Waals surface area contributed by atoms with Gasteiger partial charge in [-0.1, -0.05) is 6.08 Å². The van der Waals surface area contributed by atoms with Crippen molar-refractivity contribution in [1.82, 2.24) is 14.8 Å². The molecule has 2 aliphatic heterocycles. The molecule has 2 fully saturated rings. The van der Waals surface area contributed by atoms with Gasteiger partial charge in [0, 0.05) is 43.5 Å². The highest BCUT2D eigenvalue weighted by Crippen LogP contribution is 2.32. The minimum absolute atomic E-state index is 0.289. The van der Waals surface area contributed by atoms with E-state index in [1.165, 1.54) is 5.69 Å². The van der Waals surface area contributed by atoms with Crippen molar-refractivity contribution in [3.05, 3.63) is 28.7 Å². The largest absolute Gasteiger partial charge is 0.334 e. The maximum absolute atomic E-state index is 12.0. The highest BCUT2D eigenvalue weighted by molar-refractivity contribution is 7.09. The fourth-order valence-corrected chi connectivity index (χ4v) is 4.10. The van der Waals surface area contributed by atoms with Crippen LogP contribution in [-0.2, 0) is 11.3 Å². The van der Waals surface area contributed by atoms with Gasteiger partial charge in [-0.05, 0) is 19.8 Å². The Kier molecular flexibility index (Phi) is 3.89. The van der Waals surface area contributed by atoms with E-state index >= 15 is 0 Å². The summed E-state index contributed by atoms with van der Waals surface area (Å²) in [6.45, 7) is 8.49. The molecule has 5 heteroatoms. The van der Waals surface area contributed by atoms with Crippen LogP contribution in [0.5, 0.6) is 0 Å². The summed E-state index contributed by atoms with van der Waals surface area (Å²) in [6.07, 6.45) is 4.57. The average molecular weight is 291 g/mol. The molecule has 1 amide bonds. The van der Waals surface area contributed by atoms with E-state index in [0.717, 1.165) is 30.9 Å². The van der Waals surface area contributed by atoms with Gasteiger partial charge in [-0.3, -0.25) is 9.69 Å². The first-order chi connectivity index (χ1) is 9.69. The third-order valence-corrected chi connectivity index (χ3v) is 5.18. The summed E-state index contributed by atoms with van der Waals surface area (Å²) in [5.74, 6) is 0.289. The van der Waals surface area contributed by atoms with Crippen LogP contribution >= 0.6 is 11.3 Å². The van der Waals surface area contributed by atoms with Gasteiger partial charge in [0.2, 0.25) is 5.91 Å². The summed E-state index contributed by atoms with van der Waals surface area (Å²) in [4.78, 5) is 21.1. The zero-order valence-corrected chi connectivity index (χ0v) is 12.7. The molecule has 1 aromatic heterocycles. The van der Waals surface area contributed by atoms with Gasteiger partial charge in [0.05, 0.1) is 10.7 Å². The number of thiazole rings is 1. The van der Waals surface area contributed by atoms with E-state index < -0.39 is 0 Å². The minimum Gasteiger partial charge on any atom is -0.334 e. The number of likely N-dealkylation sites (tertiary alicyclic amines) is 2. The van der Waals surface area contributed by atoms with Crippen molar-refractivity contribution in [1.29, 1.82) is 0 Å². The van der Waals surface area contributed by atoms with Crippen molar-refractivity contribution in [2.45, 2.75) is 44.8 Å². The van der Waals surface area contributed by atoms with Crippen molar-refractivity contribution in [3.8, 4) is 0 Å². The lowest BCUT2D eigenvalue weighted by Gasteiger charge is -2.39. The van der Waals surface area contributed by atoms with Crippen LogP contribution in [0.15, 0.2) is 18.0 Å². The van der Waals surface area contributed by atoms with Gasteiger partial charge in [0.1, 0.15) is 0 Å². The Morgan fingerprint density at radius 3 is 3.05 bits per heavy atom. The second-order valence-corrected chi connectivity index (χ2v) is 6.69. The van der Waals surface area contributed by atoms with Gasteiger partial charge in [-0.15, -0.1) is 17.9 Å². The van der Waals surface area contributed by atoms with E-state index in [2.05, 4.69) is 21.8 Å². The number of fused-ring (bicyclic) bond motifs is 1. The summed E-state index contributed by atoms with van der Waals surface area (Å²) >= 11 is 1.71. The van der Waals surface area contributed by atoms with Gasteiger partial charge in [-0.25, -0.2) is 4.98 Å². The molecule has 2 saturated heterocycles. The number of carbonyl (C=O) groups is 1. The Morgan fingerprint density at radius 2 is 2.35 bits per heavy atom. The normalized spacial score (nSPS) is 26.9. The smallest absolute Gasteiger partial charge is 0.223 e. The number of aromatic nitrogens is 1. The van der Waals surface area contributed by atoms with E-state index in [4.69, 9.17) is 0 Å². The monoisotopic (exact) mass is 291 g/mol. The molecule has 1 aromatic rings. The Balaban J connectivity index is 1.71. The summed E-state index contributed by atoms with van der Waals surface area (Å²) < 4.78 is 0. The highest BCUT2D eigenvalue weighted by Gasteiger charge is 2.42. The zero-order valence-electron chi connectivity index (χ0n) is 11.9. The molecule has 20 heavy (non-hydrogen) atoms. The maximum Gasteiger partial charge on any atom is 0.223 e. The SMILES string of the molecule is C=CCN1C(=O)CC[C@@H]2[C@H]1CCN2Cc1csc(C)n1. The summed E-state index contributed by atoms with van der Waals surface area (Å²) in [5, 5.41) is 3.28. The first-order valence-electron chi connectivity index (χ1n) is 7.24. The Labute approximate surface area is 124 Å². The number of carbonyl (C=O) groups excluding carboxylic acids is 1. The van der Waals surface area contributed by atoms with Gasteiger partial charge >= 0.3 is 0 Å². The molecule has 0 saturated carbocycles. The van der Waals surface area contributed by atoms with E-state index in [1.54, 1.807) is 11.3 Å². The van der Waals surface area contributed by atoms with Gasteiger partial charge in [0.15, 0.2) is 0 Å². The molecule has 0 unspecified atom stereocenters. The molecule has 0 bridgehead atoms. The number of rotatable bonds is 4. The molecule has 0 radical (unpaired) electrons. The predicted octanol–water partition coefficient (Wildman–Crippen LogP) is 2.20. The number of hydrogen-bond donors (Lipinski definition) is 0. The zero-order chi connectivity index (χ0) is 14.1. The standard InChI is InChI=1S/C15H21N3OS/c1-3-7-18-14-6-8-17(13(14)4-5-15(18)19)9-12-10-20-11(2)16-12/h3,10,13-14H,1,4-9H2,2H3/t13-,14-/m1/s1. The number of hydrogen-bond acceptors (Lipinski definition) is 4. The molecule has 108 valence electrons. The molecule has 2 aliphatic rings. The molecule has 0 N–H and O–H groups in total. The molecule has 0 aliphatic carbocycles. The average Bonchev–Trinajstić information content (AvgIpc) is 3.01. The van der Waals surface area contributed by atoms with E-state index in [0.29, 0.717) is 25.0 Å².